The van der Waals surface area contributed by atoms with Crippen LogP contribution >= 0.6 is 0 Å². The molecule has 0 saturated heterocycles. The first kappa shape index (κ1) is 14.2. The van der Waals surface area contributed by atoms with Crippen LogP contribution in [0.2, 0.25) is 0 Å². The van der Waals surface area contributed by atoms with Crippen molar-refractivity contribution in [1.29, 1.82) is 0 Å². The van der Waals surface area contributed by atoms with Crippen molar-refractivity contribution in [2.75, 3.05) is 13.1 Å². The van der Waals surface area contributed by atoms with Crippen LogP contribution in [0.5, 0.6) is 0 Å². The lowest BCUT2D eigenvalue weighted by Gasteiger charge is -2.21. The standard InChI is InChI=1S/C17H28N2O/c1-3-8-19(11-14-4-5-14)12-15-9-17(20-13(15)2)10-18-16-6-7-16/h9,14,16,18H,3-8,10-12H2,1-2H3. The lowest BCUT2D eigenvalue weighted by Crippen LogP contribution is -2.26. The van der Waals surface area contributed by atoms with Gasteiger partial charge in [-0.25, -0.2) is 0 Å². The Labute approximate surface area is 122 Å². The minimum atomic E-state index is 0.746. The van der Waals surface area contributed by atoms with Gasteiger partial charge in [0, 0.05) is 24.7 Å². The highest BCUT2D eigenvalue weighted by molar-refractivity contribution is 5.21. The normalized spacial score (nSPS) is 18.9. The molecular weight excluding hydrogens is 248 g/mol. The van der Waals surface area contributed by atoms with E-state index in [-0.39, 0.29) is 0 Å². The van der Waals surface area contributed by atoms with Gasteiger partial charge in [-0.1, -0.05) is 6.92 Å². The summed E-state index contributed by atoms with van der Waals surface area (Å²) in [5, 5.41) is 3.53. The third-order valence-corrected chi connectivity index (χ3v) is 4.36. The van der Waals surface area contributed by atoms with Gasteiger partial charge >= 0.3 is 0 Å². The van der Waals surface area contributed by atoms with Gasteiger partial charge in [0.1, 0.15) is 11.5 Å². The highest BCUT2D eigenvalue weighted by Crippen LogP contribution is 2.30. The van der Waals surface area contributed by atoms with Crippen LogP contribution in [0.3, 0.4) is 0 Å². The molecule has 0 bridgehead atoms. The van der Waals surface area contributed by atoms with E-state index in [0.29, 0.717) is 0 Å². The number of rotatable bonds is 9. The largest absolute Gasteiger partial charge is 0.465 e. The molecule has 0 aliphatic heterocycles. The Morgan fingerprint density at radius 3 is 2.75 bits per heavy atom. The Hall–Kier alpha value is -0.800. The number of hydrogen-bond donors (Lipinski definition) is 1. The summed E-state index contributed by atoms with van der Waals surface area (Å²) in [6.45, 7) is 8.81. The van der Waals surface area contributed by atoms with E-state index in [1.807, 2.05) is 0 Å². The molecule has 20 heavy (non-hydrogen) atoms. The molecule has 1 N–H and O–H groups in total. The van der Waals surface area contributed by atoms with E-state index >= 15 is 0 Å². The lowest BCUT2D eigenvalue weighted by molar-refractivity contribution is 0.253. The summed E-state index contributed by atoms with van der Waals surface area (Å²) in [6.07, 6.45) is 6.76. The van der Waals surface area contributed by atoms with Gasteiger partial charge in [-0.15, -0.1) is 0 Å². The number of nitrogens with zero attached hydrogens (tertiary/aromatic N) is 1. The van der Waals surface area contributed by atoms with Gasteiger partial charge in [-0.05, 0) is 57.6 Å². The average Bonchev–Trinajstić information content (AvgIpc) is 3.31. The molecule has 3 nitrogen and oxygen atoms in total. The van der Waals surface area contributed by atoms with Crippen molar-refractivity contribution >= 4 is 0 Å². The monoisotopic (exact) mass is 276 g/mol. The number of nitrogens with one attached hydrogen (secondary N) is 1. The topological polar surface area (TPSA) is 28.4 Å². The van der Waals surface area contributed by atoms with Crippen LogP contribution in [0, 0.1) is 12.8 Å². The van der Waals surface area contributed by atoms with Gasteiger partial charge in [0.05, 0.1) is 6.54 Å². The Balaban J connectivity index is 1.55. The van der Waals surface area contributed by atoms with Crippen molar-refractivity contribution < 1.29 is 4.42 Å². The molecule has 2 aliphatic rings. The molecule has 1 aromatic rings. The first-order chi connectivity index (χ1) is 9.74. The van der Waals surface area contributed by atoms with Crippen molar-refractivity contribution in [3.8, 4) is 0 Å². The molecule has 3 rings (SSSR count). The maximum Gasteiger partial charge on any atom is 0.118 e. The predicted molar refractivity (Wildman–Crippen MR) is 81.6 cm³/mol. The maximum absolute atomic E-state index is 5.90. The van der Waals surface area contributed by atoms with E-state index in [0.717, 1.165) is 36.6 Å². The zero-order chi connectivity index (χ0) is 13.9. The first-order valence-electron chi connectivity index (χ1n) is 8.28. The fraction of sp³-hybridized carbons (Fsp3) is 0.765. The molecule has 0 spiro atoms. The summed E-state index contributed by atoms with van der Waals surface area (Å²) < 4.78 is 5.90. The molecule has 3 heteroatoms. The molecule has 0 amide bonds. The number of furan rings is 1. The summed E-state index contributed by atoms with van der Waals surface area (Å²) in [4.78, 5) is 2.60. The van der Waals surface area contributed by atoms with E-state index in [4.69, 9.17) is 4.42 Å². The van der Waals surface area contributed by atoms with Gasteiger partial charge in [0.15, 0.2) is 0 Å². The van der Waals surface area contributed by atoms with Gasteiger partial charge in [-0.2, -0.15) is 0 Å². The molecule has 2 fully saturated rings. The third kappa shape index (κ3) is 4.10. The third-order valence-electron chi connectivity index (χ3n) is 4.36. The van der Waals surface area contributed by atoms with Gasteiger partial charge in [-0.3, -0.25) is 4.90 Å². The molecule has 112 valence electrons. The second-order valence-electron chi connectivity index (χ2n) is 6.63. The van der Waals surface area contributed by atoms with Gasteiger partial charge in [0.2, 0.25) is 0 Å². The van der Waals surface area contributed by atoms with Crippen molar-refractivity contribution in [1.82, 2.24) is 10.2 Å². The van der Waals surface area contributed by atoms with Crippen LogP contribution in [-0.4, -0.2) is 24.0 Å². The van der Waals surface area contributed by atoms with Crippen molar-refractivity contribution in [2.45, 2.75) is 65.1 Å². The van der Waals surface area contributed by atoms with Crippen molar-refractivity contribution in [3.63, 3.8) is 0 Å². The quantitative estimate of drug-likeness (QED) is 0.748. The minimum Gasteiger partial charge on any atom is -0.465 e. The summed E-state index contributed by atoms with van der Waals surface area (Å²) in [7, 11) is 0. The summed E-state index contributed by atoms with van der Waals surface area (Å²) in [5.41, 5.74) is 1.38. The highest BCUT2D eigenvalue weighted by Gasteiger charge is 2.25. The number of hydrogen-bond acceptors (Lipinski definition) is 3. The number of aryl methyl sites for hydroxylation is 1. The van der Waals surface area contributed by atoms with Crippen LogP contribution in [0.4, 0.5) is 0 Å². The van der Waals surface area contributed by atoms with Gasteiger partial charge in [0.25, 0.3) is 0 Å². The molecule has 0 aromatic carbocycles. The maximum atomic E-state index is 5.90. The van der Waals surface area contributed by atoms with Crippen LogP contribution in [-0.2, 0) is 13.1 Å². The second-order valence-corrected chi connectivity index (χ2v) is 6.63. The van der Waals surface area contributed by atoms with Crippen LogP contribution in [0.1, 0.15) is 56.1 Å². The van der Waals surface area contributed by atoms with E-state index in [2.05, 4.69) is 30.1 Å². The van der Waals surface area contributed by atoms with E-state index in [9.17, 15) is 0 Å². The molecule has 0 radical (unpaired) electrons. The molecule has 2 aliphatic carbocycles. The van der Waals surface area contributed by atoms with Crippen LogP contribution in [0.15, 0.2) is 10.5 Å². The van der Waals surface area contributed by atoms with Crippen LogP contribution < -0.4 is 5.32 Å². The lowest BCUT2D eigenvalue weighted by atomic mass is 10.2. The fourth-order valence-corrected chi connectivity index (χ4v) is 2.82. The van der Waals surface area contributed by atoms with E-state index < -0.39 is 0 Å². The molecular formula is C17H28N2O. The Bertz CT molecular complexity index is 432. The highest BCUT2D eigenvalue weighted by atomic mass is 16.3. The molecule has 0 atom stereocenters. The zero-order valence-corrected chi connectivity index (χ0v) is 13.0. The first-order valence-corrected chi connectivity index (χ1v) is 8.28. The summed E-state index contributed by atoms with van der Waals surface area (Å²) >= 11 is 0. The summed E-state index contributed by atoms with van der Waals surface area (Å²) in [6, 6.07) is 3.01. The smallest absolute Gasteiger partial charge is 0.118 e. The minimum absolute atomic E-state index is 0.746. The summed E-state index contributed by atoms with van der Waals surface area (Å²) in [5.74, 6) is 3.17. The Morgan fingerprint density at radius 1 is 1.30 bits per heavy atom. The average molecular weight is 276 g/mol. The van der Waals surface area contributed by atoms with Crippen molar-refractivity contribution in [3.05, 3.63) is 23.2 Å². The predicted octanol–water partition coefficient (Wildman–Crippen LogP) is 3.46. The molecule has 2 saturated carbocycles. The second kappa shape index (κ2) is 6.31. The Kier molecular flexibility index (Phi) is 4.47. The SMILES string of the molecule is CCCN(Cc1cc(CNC2CC2)oc1C)CC1CC1. The van der Waals surface area contributed by atoms with Crippen molar-refractivity contribution in [2.24, 2.45) is 5.92 Å². The molecule has 1 aromatic heterocycles. The Morgan fingerprint density at radius 2 is 2.10 bits per heavy atom. The molecule has 0 unspecified atom stereocenters. The molecule has 1 heterocycles. The zero-order valence-electron chi connectivity index (χ0n) is 13.0. The fourth-order valence-electron chi connectivity index (χ4n) is 2.82. The van der Waals surface area contributed by atoms with Crippen LogP contribution in [0.25, 0.3) is 0 Å². The van der Waals surface area contributed by atoms with Gasteiger partial charge < -0.3 is 9.73 Å². The van der Waals surface area contributed by atoms with E-state index in [1.165, 1.54) is 50.8 Å². The van der Waals surface area contributed by atoms with E-state index in [1.54, 1.807) is 0 Å².